The molecule has 0 aliphatic heterocycles. The first kappa shape index (κ1) is 12.9. The topological polar surface area (TPSA) is 35.0 Å². The number of thioether (sulfide) groups is 1. The minimum absolute atomic E-state index is 0.803. The van der Waals surface area contributed by atoms with E-state index < -0.39 is 0 Å². The highest BCUT2D eigenvalue weighted by molar-refractivity contribution is 7.98. The van der Waals surface area contributed by atoms with Crippen molar-refractivity contribution in [3.63, 3.8) is 0 Å². The molecule has 0 saturated carbocycles. The molecule has 0 radical (unpaired) electrons. The van der Waals surface area contributed by atoms with Gasteiger partial charge in [-0.05, 0) is 36.4 Å². The average Bonchev–Trinajstić information content (AvgIpc) is 2.42. The Morgan fingerprint density at radius 2 is 1.94 bits per heavy atom. The van der Waals surface area contributed by atoms with Crippen LogP contribution in [0.4, 0.5) is 0 Å². The molecule has 2 aromatic rings. The molecule has 0 spiro atoms. The van der Waals surface area contributed by atoms with E-state index in [2.05, 4.69) is 35.5 Å². The van der Waals surface area contributed by atoms with Gasteiger partial charge < -0.3 is 4.74 Å². The van der Waals surface area contributed by atoms with Gasteiger partial charge in [0.05, 0.1) is 19.0 Å². The maximum atomic E-state index is 5.15. The van der Waals surface area contributed by atoms with Gasteiger partial charge >= 0.3 is 0 Å². The van der Waals surface area contributed by atoms with Crippen molar-refractivity contribution in [2.75, 3.05) is 13.4 Å². The fourth-order valence-electron chi connectivity index (χ4n) is 1.78. The van der Waals surface area contributed by atoms with Crippen LogP contribution in [0.2, 0.25) is 0 Å². The summed E-state index contributed by atoms with van der Waals surface area (Å²) in [5, 5.41) is 8.28. The lowest BCUT2D eigenvalue weighted by atomic mass is 10.1. The van der Waals surface area contributed by atoms with Gasteiger partial charge in [-0.2, -0.15) is 10.2 Å². The lowest BCUT2D eigenvalue weighted by Crippen LogP contribution is -1.99. The van der Waals surface area contributed by atoms with E-state index >= 15 is 0 Å². The van der Waals surface area contributed by atoms with E-state index in [4.69, 9.17) is 4.74 Å². The molecule has 0 unspecified atom stereocenters. The van der Waals surface area contributed by atoms with E-state index in [1.165, 1.54) is 16.0 Å². The Balaban J connectivity index is 2.22. The summed E-state index contributed by atoms with van der Waals surface area (Å²) in [4.78, 5) is 1.19. The van der Waals surface area contributed by atoms with Gasteiger partial charge in [-0.15, -0.1) is 11.8 Å². The Morgan fingerprint density at radius 3 is 2.56 bits per heavy atom. The molecule has 0 atom stereocenters. The van der Waals surface area contributed by atoms with Gasteiger partial charge in [0, 0.05) is 11.3 Å². The van der Waals surface area contributed by atoms with Crippen LogP contribution in [-0.2, 0) is 6.42 Å². The largest absolute Gasteiger partial charge is 0.497 e. The molecule has 0 saturated heterocycles. The molecule has 1 aromatic carbocycles. The molecule has 0 N–H and O–H groups in total. The highest BCUT2D eigenvalue weighted by atomic mass is 32.2. The molecule has 4 heteroatoms. The standard InChI is InChI=1S/C14H16N2OS/c1-10-13(16-15-9-14(10)18-3)8-11-4-6-12(17-2)7-5-11/h4-7,9H,8H2,1-3H3. The summed E-state index contributed by atoms with van der Waals surface area (Å²) in [7, 11) is 1.67. The van der Waals surface area contributed by atoms with Crippen LogP contribution in [0.5, 0.6) is 5.75 Å². The SMILES string of the molecule is COc1ccc(Cc2nncc(SC)c2C)cc1. The monoisotopic (exact) mass is 260 g/mol. The van der Waals surface area contributed by atoms with Crippen LogP contribution in [0.3, 0.4) is 0 Å². The predicted molar refractivity (Wildman–Crippen MR) is 74.4 cm³/mol. The second-order valence-corrected chi connectivity index (χ2v) is 4.86. The van der Waals surface area contributed by atoms with Gasteiger partial charge in [-0.1, -0.05) is 12.1 Å². The van der Waals surface area contributed by atoms with Crippen molar-refractivity contribution in [1.82, 2.24) is 10.2 Å². The number of ether oxygens (including phenoxy) is 1. The maximum Gasteiger partial charge on any atom is 0.118 e. The molecule has 1 heterocycles. The van der Waals surface area contributed by atoms with Crippen LogP contribution in [0.1, 0.15) is 16.8 Å². The summed E-state index contributed by atoms with van der Waals surface area (Å²) in [5.74, 6) is 0.874. The van der Waals surface area contributed by atoms with Crippen LogP contribution >= 0.6 is 11.8 Å². The first-order chi connectivity index (χ1) is 8.74. The first-order valence-corrected chi connectivity index (χ1v) is 6.95. The molecule has 0 bridgehead atoms. The van der Waals surface area contributed by atoms with E-state index in [0.29, 0.717) is 0 Å². The Kier molecular flexibility index (Phi) is 4.20. The van der Waals surface area contributed by atoms with Gasteiger partial charge in [-0.3, -0.25) is 0 Å². The number of rotatable bonds is 4. The molecule has 0 amide bonds. The first-order valence-electron chi connectivity index (χ1n) is 5.72. The van der Waals surface area contributed by atoms with E-state index in [1.807, 2.05) is 18.3 Å². The van der Waals surface area contributed by atoms with Gasteiger partial charge in [0.2, 0.25) is 0 Å². The quantitative estimate of drug-likeness (QED) is 0.791. The van der Waals surface area contributed by atoms with Crippen molar-refractivity contribution in [3.8, 4) is 5.75 Å². The summed E-state index contributed by atoms with van der Waals surface area (Å²) in [6.07, 6.45) is 4.68. The van der Waals surface area contributed by atoms with E-state index in [0.717, 1.165) is 17.9 Å². The van der Waals surface area contributed by atoms with Gasteiger partial charge in [0.25, 0.3) is 0 Å². The zero-order valence-electron chi connectivity index (χ0n) is 10.8. The second kappa shape index (κ2) is 5.87. The Bertz CT molecular complexity index is 526. The molecular formula is C14H16N2OS. The fourth-order valence-corrected chi connectivity index (χ4v) is 2.35. The molecule has 18 heavy (non-hydrogen) atoms. The fraction of sp³-hybridized carbons (Fsp3) is 0.286. The van der Waals surface area contributed by atoms with E-state index in [-0.39, 0.29) is 0 Å². The van der Waals surface area contributed by atoms with Crippen molar-refractivity contribution in [2.24, 2.45) is 0 Å². The molecule has 0 aliphatic rings. The average molecular weight is 260 g/mol. The number of hydrogen-bond donors (Lipinski definition) is 0. The molecule has 0 aliphatic carbocycles. The third-order valence-corrected chi connectivity index (χ3v) is 3.76. The molecule has 1 aromatic heterocycles. The van der Waals surface area contributed by atoms with Crippen molar-refractivity contribution < 1.29 is 4.74 Å². The summed E-state index contributed by atoms with van der Waals surface area (Å²) < 4.78 is 5.15. The lowest BCUT2D eigenvalue weighted by Gasteiger charge is -2.08. The van der Waals surface area contributed by atoms with Crippen LogP contribution in [0.25, 0.3) is 0 Å². The number of aromatic nitrogens is 2. The van der Waals surface area contributed by atoms with Gasteiger partial charge in [0.1, 0.15) is 5.75 Å². The minimum Gasteiger partial charge on any atom is -0.497 e. The molecule has 2 rings (SSSR count). The molecule has 3 nitrogen and oxygen atoms in total. The number of nitrogens with zero attached hydrogens (tertiary/aromatic N) is 2. The Morgan fingerprint density at radius 1 is 1.22 bits per heavy atom. The second-order valence-electron chi connectivity index (χ2n) is 4.01. The lowest BCUT2D eigenvalue weighted by molar-refractivity contribution is 0.414. The highest BCUT2D eigenvalue weighted by Gasteiger charge is 2.06. The molecule has 0 fully saturated rings. The Hall–Kier alpha value is -1.55. The highest BCUT2D eigenvalue weighted by Crippen LogP contribution is 2.22. The Labute approximate surface area is 112 Å². The van der Waals surface area contributed by atoms with Gasteiger partial charge in [-0.25, -0.2) is 0 Å². The van der Waals surface area contributed by atoms with Crippen molar-refractivity contribution in [2.45, 2.75) is 18.2 Å². The zero-order chi connectivity index (χ0) is 13.0. The maximum absolute atomic E-state index is 5.15. The smallest absolute Gasteiger partial charge is 0.118 e. The molecule has 94 valence electrons. The van der Waals surface area contributed by atoms with E-state index in [1.54, 1.807) is 18.9 Å². The summed E-state index contributed by atoms with van der Waals surface area (Å²) in [6.45, 7) is 2.10. The van der Waals surface area contributed by atoms with Crippen LogP contribution in [0, 0.1) is 6.92 Å². The molecular weight excluding hydrogens is 244 g/mol. The van der Waals surface area contributed by atoms with Crippen molar-refractivity contribution >= 4 is 11.8 Å². The number of benzene rings is 1. The van der Waals surface area contributed by atoms with E-state index in [9.17, 15) is 0 Å². The third kappa shape index (κ3) is 2.82. The normalized spacial score (nSPS) is 10.4. The zero-order valence-corrected chi connectivity index (χ0v) is 11.6. The van der Waals surface area contributed by atoms with Crippen LogP contribution in [-0.4, -0.2) is 23.6 Å². The predicted octanol–water partition coefficient (Wildman–Crippen LogP) is 3.11. The van der Waals surface area contributed by atoms with Crippen LogP contribution < -0.4 is 4.74 Å². The summed E-state index contributed by atoms with van der Waals surface area (Å²) >= 11 is 1.70. The minimum atomic E-state index is 0.803. The van der Waals surface area contributed by atoms with Crippen molar-refractivity contribution in [3.05, 3.63) is 47.3 Å². The number of hydrogen-bond acceptors (Lipinski definition) is 4. The van der Waals surface area contributed by atoms with Crippen LogP contribution in [0.15, 0.2) is 35.4 Å². The number of methoxy groups -OCH3 is 1. The third-order valence-electron chi connectivity index (χ3n) is 2.91. The summed E-state index contributed by atoms with van der Waals surface area (Å²) in [5.41, 5.74) is 3.46. The summed E-state index contributed by atoms with van der Waals surface area (Å²) in [6, 6.07) is 8.06. The van der Waals surface area contributed by atoms with Crippen molar-refractivity contribution in [1.29, 1.82) is 0 Å². The van der Waals surface area contributed by atoms with Gasteiger partial charge in [0.15, 0.2) is 0 Å².